The number of aromatic nitrogens is 1. The van der Waals surface area contributed by atoms with E-state index in [1.807, 2.05) is 0 Å². The summed E-state index contributed by atoms with van der Waals surface area (Å²) in [6, 6.07) is 0. The molecule has 0 saturated heterocycles. The molecule has 8 nitrogen and oxygen atoms in total. The number of nitro groups is 1. The van der Waals surface area contributed by atoms with E-state index in [-0.39, 0.29) is 0 Å². The first-order valence-corrected chi connectivity index (χ1v) is 5.44. The normalized spacial score (nSPS) is 11.8. The predicted molar refractivity (Wildman–Crippen MR) is 51.6 cm³/mol. The molecule has 11 heteroatoms. The molecule has 0 aliphatic carbocycles. The van der Waals surface area contributed by atoms with Crippen LogP contribution in [0.3, 0.4) is 0 Å². The number of halogens is 2. The van der Waals surface area contributed by atoms with Gasteiger partial charge in [-0.3, -0.25) is 10.1 Å². The fraction of sp³-hybridized carbons (Fsp3) is 0.167. The smallest absolute Gasteiger partial charge is 0.303 e. The third kappa shape index (κ3) is 2.45. The number of nitrogen functional groups attached to an aromatic ring is 1. The highest BCUT2D eigenvalue weighted by Crippen LogP contribution is 2.36. The summed E-state index contributed by atoms with van der Waals surface area (Å²) < 4.78 is 47.1. The van der Waals surface area contributed by atoms with Gasteiger partial charge in [-0.2, -0.15) is 0 Å². The highest BCUT2D eigenvalue weighted by molar-refractivity contribution is 7.89. The average Bonchev–Trinajstić information content (AvgIpc) is 2.14. The molecule has 94 valence electrons. The second kappa shape index (κ2) is 4.18. The molecule has 0 spiro atoms. The fourth-order valence-corrected chi connectivity index (χ4v) is 1.78. The third-order valence-corrected chi connectivity index (χ3v) is 2.70. The molecule has 0 radical (unpaired) electrons. The van der Waals surface area contributed by atoms with Crippen LogP contribution in [0.1, 0.15) is 12.0 Å². The monoisotopic (exact) mass is 268 g/mol. The number of alkyl halides is 2. The van der Waals surface area contributed by atoms with Crippen molar-refractivity contribution in [2.24, 2.45) is 5.14 Å². The molecule has 1 aromatic heterocycles. The van der Waals surface area contributed by atoms with Crippen LogP contribution >= 0.6 is 0 Å². The Balaban J connectivity index is 3.78. The van der Waals surface area contributed by atoms with Crippen molar-refractivity contribution in [2.75, 3.05) is 5.73 Å². The zero-order valence-corrected chi connectivity index (χ0v) is 8.82. The number of pyridine rings is 1. The summed E-state index contributed by atoms with van der Waals surface area (Å²) in [6.45, 7) is 0. The van der Waals surface area contributed by atoms with Crippen LogP contribution in [0.5, 0.6) is 0 Å². The maximum atomic E-state index is 12.6. The average molecular weight is 268 g/mol. The van der Waals surface area contributed by atoms with Crippen LogP contribution in [0.4, 0.5) is 20.3 Å². The van der Waals surface area contributed by atoms with Crippen LogP contribution in [0.15, 0.2) is 11.1 Å². The van der Waals surface area contributed by atoms with Gasteiger partial charge in [0.15, 0.2) is 4.90 Å². The van der Waals surface area contributed by atoms with Gasteiger partial charge in [0.25, 0.3) is 6.43 Å². The number of rotatable bonds is 3. The lowest BCUT2D eigenvalue weighted by atomic mass is 10.2. The topological polar surface area (TPSA) is 142 Å². The highest BCUT2D eigenvalue weighted by atomic mass is 32.2. The van der Waals surface area contributed by atoms with E-state index in [1.165, 1.54) is 0 Å². The van der Waals surface area contributed by atoms with Gasteiger partial charge in [0.1, 0.15) is 11.4 Å². The molecule has 1 aromatic rings. The van der Waals surface area contributed by atoms with Crippen LogP contribution in [0.2, 0.25) is 0 Å². The van der Waals surface area contributed by atoms with Crippen LogP contribution in [-0.4, -0.2) is 18.3 Å². The molecule has 0 aliphatic heterocycles. The first kappa shape index (κ1) is 13.2. The van der Waals surface area contributed by atoms with Gasteiger partial charge in [-0.25, -0.2) is 27.3 Å². The molecule has 0 unspecified atom stereocenters. The van der Waals surface area contributed by atoms with Crippen molar-refractivity contribution in [1.82, 2.24) is 4.98 Å². The standard InChI is InChI=1S/C6H6F2N4O4S/c7-5(8)3-4(12(13)14)2(17(10,15)16)1-11-6(3)9/h1,5H,(H2,9,11)(H2,10,15,16). The van der Waals surface area contributed by atoms with Crippen molar-refractivity contribution in [1.29, 1.82) is 0 Å². The van der Waals surface area contributed by atoms with Gasteiger partial charge in [0.2, 0.25) is 10.0 Å². The van der Waals surface area contributed by atoms with E-state index >= 15 is 0 Å². The van der Waals surface area contributed by atoms with Gasteiger partial charge in [-0.05, 0) is 0 Å². The Morgan fingerprint density at radius 1 is 1.47 bits per heavy atom. The fourth-order valence-electron chi connectivity index (χ4n) is 1.12. The highest BCUT2D eigenvalue weighted by Gasteiger charge is 2.33. The number of nitrogens with zero attached hydrogens (tertiary/aromatic N) is 2. The van der Waals surface area contributed by atoms with Crippen molar-refractivity contribution < 1.29 is 22.1 Å². The SMILES string of the molecule is Nc1ncc(S(N)(=O)=O)c([N+](=O)[O-])c1C(F)F. The number of hydrogen-bond acceptors (Lipinski definition) is 6. The summed E-state index contributed by atoms with van der Waals surface area (Å²) in [7, 11) is -4.54. The van der Waals surface area contributed by atoms with E-state index < -0.39 is 43.3 Å². The van der Waals surface area contributed by atoms with Gasteiger partial charge in [0.05, 0.1) is 11.1 Å². The minimum Gasteiger partial charge on any atom is -0.383 e. The first-order chi connectivity index (χ1) is 7.66. The Morgan fingerprint density at radius 2 is 2.00 bits per heavy atom. The molecule has 1 heterocycles. The zero-order valence-electron chi connectivity index (χ0n) is 8.00. The minimum absolute atomic E-state index is 0.467. The lowest BCUT2D eigenvalue weighted by Crippen LogP contribution is -2.17. The summed E-state index contributed by atoms with van der Waals surface area (Å²) in [4.78, 5) is 11.4. The number of anilines is 1. The Bertz CT molecular complexity index is 574. The summed E-state index contributed by atoms with van der Waals surface area (Å²) in [6.07, 6.45) is -2.88. The number of hydrogen-bond donors (Lipinski definition) is 2. The maximum absolute atomic E-state index is 12.6. The van der Waals surface area contributed by atoms with Crippen molar-refractivity contribution >= 4 is 21.5 Å². The molecule has 0 saturated carbocycles. The Labute approximate surface area is 93.4 Å². The molecule has 0 aromatic carbocycles. The molecule has 0 fully saturated rings. The van der Waals surface area contributed by atoms with Gasteiger partial charge < -0.3 is 5.73 Å². The van der Waals surface area contributed by atoms with Gasteiger partial charge in [0, 0.05) is 0 Å². The number of nitrogens with two attached hydrogens (primary N) is 2. The van der Waals surface area contributed by atoms with Gasteiger partial charge >= 0.3 is 5.69 Å². The molecule has 0 atom stereocenters. The molecule has 0 bridgehead atoms. The summed E-state index contributed by atoms with van der Waals surface area (Å²) >= 11 is 0. The molecule has 0 amide bonds. The maximum Gasteiger partial charge on any atom is 0.303 e. The summed E-state index contributed by atoms with van der Waals surface area (Å²) in [5.41, 5.74) is 2.43. The van der Waals surface area contributed by atoms with Crippen LogP contribution in [-0.2, 0) is 10.0 Å². The quantitative estimate of drug-likeness (QED) is 0.590. The van der Waals surface area contributed by atoms with E-state index in [4.69, 9.17) is 5.73 Å². The Kier molecular flexibility index (Phi) is 3.24. The second-order valence-corrected chi connectivity index (χ2v) is 4.40. The van der Waals surface area contributed by atoms with Crippen molar-refractivity contribution in [3.05, 3.63) is 21.9 Å². The van der Waals surface area contributed by atoms with Crippen molar-refractivity contribution in [2.45, 2.75) is 11.3 Å². The van der Waals surface area contributed by atoms with Crippen LogP contribution in [0.25, 0.3) is 0 Å². The lowest BCUT2D eigenvalue weighted by molar-refractivity contribution is -0.389. The Hall–Kier alpha value is -1.88. The molecular formula is C6H6F2N4O4S. The van der Waals surface area contributed by atoms with Crippen LogP contribution in [0, 0.1) is 10.1 Å². The summed E-state index contributed by atoms with van der Waals surface area (Å²) in [5, 5.41) is 15.3. The van der Waals surface area contributed by atoms with Crippen molar-refractivity contribution in [3.63, 3.8) is 0 Å². The van der Waals surface area contributed by atoms with Gasteiger partial charge in [-0.1, -0.05) is 0 Å². The minimum atomic E-state index is -4.54. The molecule has 17 heavy (non-hydrogen) atoms. The van der Waals surface area contributed by atoms with E-state index in [0.29, 0.717) is 6.20 Å². The molecule has 0 aliphatic rings. The number of sulfonamides is 1. The largest absolute Gasteiger partial charge is 0.383 e. The van der Waals surface area contributed by atoms with E-state index in [2.05, 4.69) is 10.1 Å². The molecule has 4 N–H and O–H groups in total. The van der Waals surface area contributed by atoms with Crippen LogP contribution < -0.4 is 10.9 Å². The number of primary sulfonamides is 1. The summed E-state index contributed by atoms with van der Waals surface area (Å²) in [5.74, 6) is -0.820. The Morgan fingerprint density at radius 3 is 2.35 bits per heavy atom. The van der Waals surface area contributed by atoms with Crippen molar-refractivity contribution in [3.8, 4) is 0 Å². The van der Waals surface area contributed by atoms with E-state index in [1.54, 1.807) is 0 Å². The first-order valence-electron chi connectivity index (χ1n) is 3.90. The van der Waals surface area contributed by atoms with E-state index in [0.717, 1.165) is 0 Å². The predicted octanol–water partition coefficient (Wildman–Crippen LogP) is 0.157. The van der Waals surface area contributed by atoms with Gasteiger partial charge in [-0.15, -0.1) is 0 Å². The third-order valence-electron chi connectivity index (χ3n) is 1.79. The lowest BCUT2D eigenvalue weighted by Gasteiger charge is -2.07. The second-order valence-electron chi connectivity index (χ2n) is 2.87. The molecular weight excluding hydrogens is 262 g/mol. The molecule has 1 rings (SSSR count). The van der Waals surface area contributed by atoms with E-state index in [9.17, 15) is 27.3 Å². The zero-order chi connectivity index (χ0) is 13.4.